The number of aromatic nitrogens is 1. The van der Waals surface area contributed by atoms with Crippen LogP contribution in [0.5, 0.6) is 5.75 Å². The molecule has 0 aliphatic carbocycles. The van der Waals surface area contributed by atoms with Crippen molar-refractivity contribution in [3.8, 4) is 5.75 Å². The van der Waals surface area contributed by atoms with E-state index in [0.29, 0.717) is 23.7 Å². The normalized spacial score (nSPS) is 11.7. The Morgan fingerprint density at radius 3 is 2.77 bits per heavy atom. The fourth-order valence-electron chi connectivity index (χ4n) is 1.82. The molecule has 0 fully saturated rings. The number of carbonyl (C=O) groups is 2. The molecule has 0 radical (unpaired) electrons. The van der Waals surface area contributed by atoms with Crippen molar-refractivity contribution in [2.24, 2.45) is 0 Å². The van der Waals surface area contributed by atoms with E-state index in [9.17, 15) is 9.59 Å². The molecule has 0 saturated heterocycles. The minimum Gasteiger partial charge on any atom is -0.481 e. The van der Waals surface area contributed by atoms with Crippen LogP contribution < -0.4 is 10.1 Å². The monoisotopic (exact) mass is 304 g/mol. The maximum Gasteiger partial charge on any atom is 0.335 e. The Bertz CT molecular complexity index is 680. The molecule has 1 amide bonds. The number of amides is 1. The summed E-state index contributed by atoms with van der Waals surface area (Å²) in [7, 11) is 0. The lowest BCUT2D eigenvalue weighted by atomic mass is 10.2. The summed E-state index contributed by atoms with van der Waals surface area (Å²) < 4.78 is 10.4. The Labute approximate surface area is 126 Å². The molecule has 2 aromatic rings. The highest BCUT2D eigenvalue weighted by Crippen LogP contribution is 2.17. The second-order valence-corrected chi connectivity index (χ2v) is 4.66. The van der Waals surface area contributed by atoms with Crippen LogP contribution in [-0.4, -0.2) is 28.2 Å². The molecule has 7 heteroatoms. The lowest BCUT2D eigenvalue weighted by Gasteiger charge is -2.16. The predicted molar refractivity (Wildman–Crippen MR) is 78.0 cm³/mol. The standard InChI is InChI=1S/C15H16N2O5/c1-3-12(14(18)16-13-7-9(2)22-17-13)21-11-6-4-5-10(8-11)15(19)20/h4-8,12H,3H2,1-2H3,(H,19,20)(H,16,17,18)/t12-/m1/s1. The highest BCUT2D eigenvalue weighted by atomic mass is 16.5. The number of rotatable bonds is 6. The van der Waals surface area contributed by atoms with Crippen molar-refractivity contribution in [1.29, 1.82) is 0 Å². The van der Waals surface area contributed by atoms with Gasteiger partial charge in [0.2, 0.25) is 0 Å². The summed E-state index contributed by atoms with van der Waals surface area (Å²) in [6, 6.07) is 7.58. The number of hydrogen-bond acceptors (Lipinski definition) is 5. The lowest BCUT2D eigenvalue weighted by Crippen LogP contribution is -2.32. The number of aryl methyl sites for hydroxylation is 1. The smallest absolute Gasteiger partial charge is 0.335 e. The molecule has 1 aromatic heterocycles. The maximum absolute atomic E-state index is 12.1. The van der Waals surface area contributed by atoms with E-state index in [2.05, 4.69) is 10.5 Å². The summed E-state index contributed by atoms with van der Waals surface area (Å²) >= 11 is 0. The zero-order valence-corrected chi connectivity index (χ0v) is 12.2. The summed E-state index contributed by atoms with van der Waals surface area (Å²) in [5.41, 5.74) is 0.0971. The predicted octanol–water partition coefficient (Wildman–Crippen LogP) is 2.48. The second kappa shape index (κ2) is 6.75. The number of hydrogen-bond donors (Lipinski definition) is 2. The minimum absolute atomic E-state index is 0.0971. The van der Waals surface area contributed by atoms with Crippen LogP contribution in [0.4, 0.5) is 5.82 Å². The highest BCUT2D eigenvalue weighted by Gasteiger charge is 2.20. The van der Waals surface area contributed by atoms with Gasteiger partial charge < -0.3 is 19.7 Å². The third-order valence-corrected chi connectivity index (χ3v) is 2.90. The fraction of sp³-hybridized carbons (Fsp3) is 0.267. The summed E-state index contributed by atoms with van der Waals surface area (Å²) in [5, 5.41) is 15.2. The topological polar surface area (TPSA) is 102 Å². The largest absolute Gasteiger partial charge is 0.481 e. The molecule has 116 valence electrons. The molecule has 2 N–H and O–H groups in total. The van der Waals surface area contributed by atoms with Crippen LogP contribution in [0.1, 0.15) is 29.5 Å². The van der Waals surface area contributed by atoms with Crippen LogP contribution in [0, 0.1) is 6.92 Å². The van der Waals surface area contributed by atoms with Crippen molar-refractivity contribution in [3.05, 3.63) is 41.7 Å². The Morgan fingerprint density at radius 2 is 2.18 bits per heavy atom. The van der Waals surface area contributed by atoms with Crippen LogP contribution in [0.3, 0.4) is 0 Å². The van der Waals surface area contributed by atoms with E-state index >= 15 is 0 Å². The number of ether oxygens (including phenoxy) is 1. The van der Waals surface area contributed by atoms with Crippen LogP contribution >= 0.6 is 0 Å². The molecular formula is C15H16N2O5. The first-order chi connectivity index (χ1) is 10.5. The van der Waals surface area contributed by atoms with Crippen molar-refractivity contribution in [3.63, 3.8) is 0 Å². The van der Waals surface area contributed by atoms with Crippen LogP contribution in [0.15, 0.2) is 34.9 Å². The molecule has 0 aliphatic rings. The van der Waals surface area contributed by atoms with Gasteiger partial charge >= 0.3 is 5.97 Å². The van der Waals surface area contributed by atoms with Crippen LogP contribution in [-0.2, 0) is 4.79 Å². The highest BCUT2D eigenvalue weighted by molar-refractivity contribution is 5.93. The van der Waals surface area contributed by atoms with Gasteiger partial charge in [-0.05, 0) is 31.5 Å². The Morgan fingerprint density at radius 1 is 1.41 bits per heavy atom. The summed E-state index contributed by atoms with van der Waals surface area (Å²) in [4.78, 5) is 23.1. The van der Waals surface area contributed by atoms with E-state index in [1.54, 1.807) is 32.0 Å². The minimum atomic E-state index is -1.05. The van der Waals surface area contributed by atoms with Crippen molar-refractivity contribution in [2.75, 3.05) is 5.32 Å². The van der Waals surface area contributed by atoms with Crippen molar-refractivity contribution < 1.29 is 24.0 Å². The van der Waals surface area contributed by atoms with Crippen molar-refractivity contribution in [2.45, 2.75) is 26.4 Å². The molecule has 7 nitrogen and oxygen atoms in total. The SMILES string of the molecule is CC[C@@H](Oc1cccc(C(=O)O)c1)C(=O)Nc1cc(C)on1. The number of aromatic carboxylic acids is 1. The molecular weight excluding hydrogens is 288 g/mol. The molecule has 0 unspecified atom stereocenters. The van der Waals surface area contributed by atoms with Crippen molar-refractivity contribution in [1.82, 2.24) is 5.16 Å². The van der Waals surface area contributed by atoms with Gasteiger partial charge in [0.15, 0.2) is 11.9 Å². The second-order valence-electron chi connectivity index (χ2n) is 4.66. The Balaban J connectivity index is 2.06. The van der Waals surface area contributed by atoms with E-state index < -0.39 is 12.1 Å². The van der Waals surface area contributed by atoms with Gasteiger partial charge in [0, 0.05) is 6.07 Å². The molecule has 0 aliphatic heterocycles. The number of nitrogens with zero attached hydrogens (tertiary/aromatic N) is 1. The summed E-state index contributed by atoms with van der Waals surface area (Å²) in [6.45, 7) is 3.51. The molecule has 2 rings (SSSR count). The Hall–Kier alpha value is -2.83. The molecule has 1 heterocycles. The zero-order valence-electron chi connectivity index (χ0n) is 12.2. The molecule has 1 atom stereocenters. The summed E-state index contributed by atoms with van der Waals surface area (Å²) in [6.07, 6.45) is -0.346. The maximum atomic E-state index is 12.1. The lowest BCUT2D eigenvalue weighted by molar-refractivity contribution is -0.122. The van der Waals surface area contributed by atoms with E-state index in [-0.39, 0.29) is 11.5 Å². The zero-order chi connectivity index (χ0) is 16.1. The van der Waals surface area contributed by atoms with Gasteiger partial charge in [0.25, 0.3) is 5.91 Å². The van der Waals surface area contributed by atoms with Gasteiger partial charge in [-0.3, -0.25) is 4.79 Å². The Kier molecular flexibility index (Phi) is 4.77. The number of carboxylic acid groups (broad SMARTS) is 1. The molecule has 22 heavy (non-hydrogen) atoms. The third-order valence-electron chi connectivity index (χ3n) is 2.90. The average Bonchev–Trinajstić information content (AvgIpc) is 2.90. The molecule has 0 bridgehead atoms. The van der Waals surface area contributed by atoms with E-state index in [4.69, 9.17) is 14.4 Å². The van der Waals surface area contributed by atoms with Gasteiger partial charge in [0.1, 0.15) is 11.5 Å². The third kappa shape index (κ3) is 3.85. The first kappa shape index (κ1) is 15.6. The van der Waals surface area contributed by atoms with Crippen molar-refractivity contribution >= 4 is 17.7 Å². The van der Waals surface area contributed by atoms with Gasteiger partial charge in [-0.1, -0.05) is 18.1 Å². The van der Waals surface area contributed by atoms with E-state index in [0.717, 1.165) is 0 Å². The quantitative estimate of drug-likeness (QED) is 0.850. The molecule has 0 spiro atoms. The average molecular weight is 304 g/mol. The first-order valence-corrected chi connectivity index (χ1v) is 6.73. The number of nitrogens with one attached hydrogen (secondary N) is 1. The fourth-order valence-corrected chi connectivity index (χ4v) is 1.82. The molecule has 1 aromatic carbocycles. The first-order valence-electron chi connectivity index (χ1n) is 6.73. The number of carbonyl (C=O) groups excluding carboxylic acids is 1. The van der Waals surface area contributed by atoms with Crippen LogP contribution in [0.2, 0.25) is 0 Å². The number of anilines is 1. The molecule has 0 saturated carbocycles. The summed E-state index contributed by atoms with van der Waals surface area (Å²) in [5.74, 6) is -0.224. The van der Waals surface area contributed by atoms with Gasteiger partial charge in [-0.25, -0.2) is 4.79 Å². The van der Waals surface area contributed by atoms with Crippen LogP contribution in [0.25, 0.3) is 0 Å². The van der Waals surface area contributed by atoms with E-state index in [1.807, 2.05) is 0 Å². The van der Waals surface area contributed by atoms with Gasteiger partial charge in [-0.15, -0.1) is 0 Å². The van der Waals surface area contributed by atoms with Gasteiger partial charge in [-0.2, -0.15) is 0 Å². The van der Waals surface area contributed by atoms with E-state index in [1.165, 1.54) is 12.1 Å². The number of carboxylic acids is 1. The number of benzene rings is 1. The van der Waals surface area contributed by atoms with Gasteiger partial charge in [0.05, 0.1) is 5.56 Å².